The van der Waals surface area contributed by atoms with Crippen LogP contribution in [0, 0.1) is 11.3 Å². The van der Waals surface area contributed by atoms with Crippen LogP contribution in [0.3, 0.4) is 0 Å². The van der Waals surface area contributed by atoms with E-state index < -0.39 is 5.41 Å². The molecule has 5 heteroatoms. The van der Waals surface area contributed by atoms with E-state index in [-0.39, 0.29) is 5.91 Å². The van der Waals surface area contributed by atoms with Gasteiger partial charge >= 0.3 is 0 Å². The van der Waals surface area contributed by atoms with Gasteiger partial charge < -0.3 is 15.8 Å². The molecule has 0 aliphatic heterocycles. The number of carbonyl (C=O) groups is 1. The second-order valence-electron chi connectivity index (χ2n) is 5.02. The van der Waals surface area contributed by atoms with Gasteiger partial charge in [-0.15, -0.1) is 0 Å². The van der Waals surface area contributed by atoms with Crippen LogP contribution < -0.4 is 11.1 Å². The van der Waals surface area contributed by atoms with Crippen LogP contribution in [0.4, 0.5) is 0 Å². The molecule has 1 aliphatic carbocycles. The zero-order valence-corrected chi connectivity index (χ0v) is 11.4. The van der Waals surface area contributed by atoms with E-state index in [4.69, 9.17) is 22.7 Å². The molecular formula is C12H22N2O2S. The lowest BCUT2D eigenvalue weighted by Crippen LogP contribution is -2.40. The normalized spacial score (nSPS) is 16.9. The molecule has 1 saturated carbocycles. The summed E-state index contributed by atoms with van der Waals surface area (Å²) in [6.07, 6.45) is 2.40. The first-order chi connectivity index (χ1) is 7.99. The molecule has 0 unspecified atom stereocenters. The maximum absolute atomic E-state index is 11.8. The Bertz CT molecular complexity index is 288. The quantitative estimate of drug-likeness (QED) is 0.508. The maximum Gasteiger partial charge on any atom is 0.233 e. The smallest absolute Gasteiger partial charge is 0.233 e. The molecule has 0 bridgehead atoms. The van der Waals surface area contributed by atoms with Gasteiger partial charge in [0.1, 0.15) is 0 Å². The first kappa shape index (κ1) is 14.4. The summed E-state index contributed by atoms with van der Waals surface area (Å²) < 4.78 is 5.42. The van der Waals surface area contributed by atoms with Gasteiger partial charge in [0, 0.05) is 19.8 Å². The Labute approximate surface area is 108 Å². The van der Waals surface area contributed by atoms with Crippen LogP contribution in [0.25, 0.3) is 0 Å². The van der Waals surface area contributed by atoms with Crippen molar-refractivity contribution in [1.82, 2.24) is 5.32 Å². The molecule has 0 radical (unpaired) electrons. The highest BCUT2D eigenvalue weighted by atomic mass is 32.1. The number of thiocarbonyl (C=S) groups is 1. The van der Waals surface area contributed by atoms with Gasteiger partial charge in [0.15, 0.2) is 0 Å². The molecule has 0 atom stereocenters. The fourth-order valence-electron chi connectivity index (χ4n) is 1.57. The van der Waals surface area contributed by atoms with Crippen molar-refractivity contribution in [3.63, 3.8) is 0 Å². The fourth-order valence-corrected chi connectivity index (χ4v) is 1.87. The van der Waals surface area contributed by atoms with Crippen molar-refractivity contribution in [2.75, 3.05) is 19.8 Å². The van der Waals surface area contributed by atoms with Gasteiger partial charge in [-0.3, -0.25) is 4.79 Å². The van der Waals surface area contributed by atoms with E-state index in [0.717, 1.165) is 25.9 Å². The zero-order valence-electron chi connectivity index (χ0n) is 10.6. The lowest BCUT2D eigenvalue weighted by Gasteiger charge is -2.13. The van der Waals surface area contributed by atoms with Crippen molar-refractivity contribution >= 4 is 23.1 Å². The molecule has 0 aromatic carbocycles. The van der Waals surface area contributed by atoms with E-state index in [0.29, 0.717) is 24.1 Å². The van der Waals surface area contributed by atoms with Gasteiger partial charge in [-0.1, -0.05) is 26.1 Å². The Morgan fingerprint density at radius 1 is 1.53 bits per heavy atom. The van der Waals surface area contributed by atoms with E-state index in [1.807, 2.05) is 0 Å². The molecule has 4 nitrogen and oxygen atoms in total. The highest BCUT2D eigenvalue weighted by molar-refractivity contribution is 7.80. The Hall–Kier alpha value is -0.680. The van der Waals surface area contributed by atoms with E-state index in [1.54, 1.807) is 0 Å². The molecule has 0 saturated heterocycles. The van der Waals surface area contributed by atoms with Crippen LogP contribution in [0.15, 0.2) is 0 Å². The number of hydrogen-bond donors (Lipinski definition) is 2. The summed E-state index contributed by atoms with van der Waals surface area (Å²) in [5, 5.41) is 2.87. The number of nitrogens with two attached hydrogens (primary N) is 1. The van der Waals surface area contributed by atoms with Crippen molar-refractivity contribution < 1.29 is 9.53 Å². The Balaban J connectivity index is 2.07. The molecule has 17 heavy (non-hydrogen) atoms. The third kappa shape index (κ3) is 4.24. The number of amides is 1. The van der Waals surface area contributed by atoms with Crippen molar-refractivity contribution in [2.24, 2.45) is 17.1 Å². The molecule has 0 aromatic rings. The lowest BCUT2D eigenvalue weighted by molar-refractivity contribution is -0.124. The molecule has 0 heterocycles. The maximum atomic E-state index is 11.8. The molecule has 0 spiro atoms. The summed E-state index contributed by atoms with van der Waals surface area (Å²) in [4.78, 5) is 12.1. The molecule has 1 fully saturated rings. The number of ether oxygens (including phenoxy) is 1. The standard InChI is InChI=1S/C12H22N2O2S/c1-9(2)8-16-7-3-6-14-11(15)12(4-5-12)10(13)17/h9H,3-8H2,1-2H3,(H2,13,17)(H,14,15). The molecule has 0 aromatic heterocycles. The second-order valence-corrected chi connectivity index (χ2v) is 5.46. The van der Waals surface area contributed by atoms with Gasteiger partial charge in [0.2, 0.25) is 5.91 Å². The third-order valence-corrected chi connectivity index (χ3v) is 3.25. The second kappa shape index (κ2) is 6.31. The van der Waals surface area contributed by atoms with Gasteiger partial charge in [-0.2, -0.15) is 0 Å². The SMILES string of the molecule is CC(C)COCCCNC(=O)C1(C(N)=S)CC1. The van der Waals surface area contributed by atoms with E-state index in [1.165, 1.54) is 0 Å². The molecule has 1 aliphatic rings. The first-order valence-electron chi connectivity index (χ1n) is 6.15. The lowest BCUT2D eigenvalue weighted by atomic mass is 10.1. The number of hydrogen-bond acceptors (Lipinski definition) is 3. The average Bonchev–Trinajstić information content (AvgIpc) is 3.03. The van der Waals surface area contributed by atoms with Crippen LogP contribution >= 0.6 is 12.2 Å². The number of nitrogens with one attached hydrogen (secondary N) is 1. The minimum Gasteiger partial charge on any atom is -0.392 e. The van der Waals surface area contributed by atoms with Crippen LogP contribution in [0.2, 0.25) is 0 Å². The minimum atomic E-state index is -0.534. The van der Waals surface area contributed by atoms with Gasteiger partial charge in [-0.05, 0) is 25.2 Å². The van der Waals surface area contributed by atoms with Crippen molar-refractivity contribution in [1.29, 1.82) is 0 Å². The van der Waals surface area contributed by atoms with E-state index in [9.17, 15) is 4.79 Å². The summed E-state index contributed by atoms with van der Waals surface area (Å²) in [5.41, 5.74) is 5.03. The largest absolute Gasteiger partial charge is 0.392 e. The Morgan fingerprint density at radius 2 is 2.18 bits per heavy atom. The molecule has 1 rings (SSSR count). The number of rotatable bonds is 8. The highest BCUT2D eigenvalue weighted by Crippen LogP contribution is 2.46. The molecule has 1 amide bonds. The monoisotopic (exact) mass is 258 g/mol. The Morgan fingerprint density at radius 3 is 2.65 bits per heavy atom. The third-order valence-electron chi connectivity index (χ3n) is 2.86. The zero-order chi connectivity index (χ0) is 12.9. The molecule has 98 valence electrons. The summed E-state index contributed by atoms with van der Waals surface area (Å²) in [6, 6.07) is 0. The van der Waals surface area contributed by atoms with Crippen molar-refractivity contribution in [3.05, 3.63) is 0 Å². The average molecular weight is 258 g/mol. The van der Waals surface area contributed by atoms with Crippen LogP contribution in [-0.2, 0) is 9.53 Å². The summed E-state index contributed by atoms with van der Waals surface area (Å²) >= 11 is 4.91. The summed E-state index contributed by atoms with van der Waals surface area (Å²) in [6.45, 7) is 6.30. The van der Waals surface area contributed by atoms with Gasteiger partial charge in [0.05, 0.1) is 10.4 Å². The Kier molecular flexibility index (Phi) is 5.33. The van der Waals surface area contributed by atoms with Crippen molar-refractivity contribution in [3.8, 4) is 0 Å². The van der Waals surface area contributed by atoms with Gasteiger partial charge in [0.25, 0.3) is 0 Å². The fraction of sp³-hybridized carbons (Fsp3) is 0.833. The summed E-state index contributed by atoms with van der Waals surface area (Å²) in [5.74, 6) is 0.530. The van der Waals surface area contributed by atoms with E-state index in [2.05, 4.69) is 19.2 Å². The predicted octanol–water partition coefficient (Wildman–Crippen LogP) is 1.23. The van der Waals surface area contributed by atoms with Gasteiger partial charge in [-0.25, -0.2) is 0 Å². The summed E-state index contributed by atoms with van der Waals surface area (Å²) in [7, 11) is 0. The van der Waals surface area contributed by atoms with Crippen LogP contribution in [0.1, 0.15) is 33.1 Å². The molecular weight excluding hydrogens is 236 g/mol. The van der Waals surface area contributed by atoms with E-state index >= 15 is 0 Å². The number of carbonyl (C=O) groups excluding carboxylic acids is 1. The van der Waals surface area contributed by atoms with Crippen molar-refractivity contribution in [2.45, 2.75) is 33.1 Å². The van der Waals surface area contributed by atoms with Crippen LogP contribution in [-0.4, -0.2) is 30.7 Å². The highest BCUT2D eigenvalue weighted by Gasteiger charge is 2.52. The molecule has 3 N–H and O–H groups in total. The first-order valence-corrected chi connectivity index (χ1v) is 6.56. The predicted molar refractivity (Wildman–Crippen MR) is 71.7 cm³/mol. The van der Waals surface area contributed by atoms with Crippen LogP contribution in [0.5, 0.6) is 0 Å². The topological polar surface area (TPSA) is 64.3 Å². The minimum absolute atomic E-state index is 0.0196.